The van der Waals surface area contributed by atoms with Gasteiger partial charge in [-0.3, -0.25) is 0 Å². The SMILES string of the molecule is CCCC1CCC(C(F)C(=O)O)CC1. The molecule has 0 heterocycles. The van der Waals surface area contributed by atoms with Crippen molar-refractivity contribution < 1.29 is 14.3 Å². The van der Waals surface area contributed by atoms with Crippen LogP contribution in [0.5, 0.6) is 0 Å². The first-order chi connectivity index (χ1) is 6.65. The first-order valence-corrected chi connectivity index (χ1v) is 5.52. The van der Waals surface area contributed by atoms with Gasteiger partial charge < -0.3 is 5.11 Å². The van der Waals surface area contributed by atoms with Crippen LogP contribution in [-0.4, -0.2) is 17.2 Å². The van der Waals surface area contributed by atoms with Crippen LogP contribution in [0.1, 0.15) is 45.4 Å². The van der Waals surface area contributed by atoms with Crippen molar-refractivity contribution in [1.29, 1.82) is 0 Å². The van der Waals surface area contributed by atoms with E-state index >= 15 is 0 Å². The lowest BCUT2D eigenvalue weighted by Gasteiger charge is -2.28. The van der Waals surface area contributed by atoms with Crippen LogP contribution in [0.4, 0.5) is 4.39 Å². The van der Waals surface area contributed by atoms with Crippen molar-refractivity contribution in [2.45, 2.75) is 51.6 Å². The number of carboxylic acid groups (broad SMARTS) is 1. The summed E-state index contributed by atoms with van der Waals surface area (Å²) in [5.41, 5.74) is 0. The smallest absolute Gasteiger partial charge is 0.338 e. The highest BCUT2D eigenvalue weighted by Gasteiger charge is 2.31. The predicted molar refractivity (Wildman–Crippen MR) is 52.9 cm³/mol. The van der Waals surface area contributed by atoms with E-state index in [1.807, 2.05) is 0 Å². The third-order valence-corrected chi connectivity index (χ3v) is 3.24. The van der Waals surface area contributed by atoms with Crippen molar-refractivity contribution in [3.63, 3.8) is 0 Å². The molecule has 3 heteroatoms. The number of carbonyl (C=O) groups is 1. The monoisotopic (exact) mass is 202 g/mol. The third-order valence-electron chi connectivity index (χ3n) is 3.24. The van der Waals surface area contributed by atoms with E-state index in [0.717, 1.165) is 25.7 Å². The molecule has 1 atom stereocenters. The second-order valence-electron chi connectivity index (χ2n) is 4.31. The fourth-order valence-electron chi connectivity index (χ4n) is 2.38. The first kappa shape index (κ1) is 11.5. The van der Waals surface area contributed by atoms with E-state index in [1.54, 1.807) is 0 Å². The standard InChI is InChI=1S/C11H19FO2/c1-2-3-8-4-6-9(7-5-8)10(12)11(13)14/h8-10H,2-7H2,1H3,(H,13,14). The molecule has 1 fully saturated rings. The Kier molecular flexibility index (Phi) is 4.36. The molecule has 0 aromatic heterocycles. The second-order valence-corrected chi connectivity index (χ2v) is 4.31. The fraction of sp³-hybridized carbons (Fsp3) is 0.909. The molecule has 0 saturated heterocycles. The van der Waals surface area contributed by atoms with Crippen LogP contribution < -0.4 is 0 Å². The summed E-state index contributed by atoms with van der Waals surface area (Å²) in [5, 5.41) is 8.53. The van der Waals surface area contributed by atoms with Gasteiger partial charge in [0.15, 0.2) is 6.17 Å². The minimum absolute atomic E-state index is 0.236. The lowest BCUT2D eigenvalue weighted by atomic mass is 9.78. The molecule has 14 heavy (non-hydrogen) atoms. The zero-order valence-electron chi connectivity index (χ0n) is 8.71. The van der Waals surface area contributed by atoms with E-state index in [-0.39, 0.29) is 5.92 Å². The lowest BCUT2D eigenvalue weighted by molar-refractivity contribution is -0.145. The molecule has 1 aliphatic rings. The quantitative estimate of drug-likeness (QED) is 0.760. The van der Waals surface area contributed by atoms with Gasteiger partial charge in [0.1, 0.15) is 0 Å². The number of aliphatic carboxylic acids is 1. The molecular weight excluding hydrogens is 183 g/mol. The summed E-state index contributed by atoms with van der Waals surface area (Å²) < 4.78 is 13.1. The van der Waals surface area contributed by atoms with Crippen molar-refractivity contribution in [3.8, 4) is 0 Å². The minimum atomic E-state index is -1.64. The molecule has 0 aromatic rings. The third kappa shape index (κ3) is 2.96. The van der Waals surface area contributed by atoms with Crippen molar-refractivity contribution in [2.75, 3.05) is 0 Å². The van der Waals surface area contributed by atoms with Crippen LogP contribution >= 0.6 is 0 Å². The highest BCUT2D eigenvalue weighted by Crippen LogP contribution is 2.34. The number of rotatable bonds is 4. The largest absolute Gasteiger partial charge is 0.479 e. The Bertz CT molecular complexity index is 186. The van der Waals surface area contributed by atoms with Gasteiger partial charge >= 0.3 is 5.97 Å². The molecule has 1 aliphatic carbocycles. The molecule has 1 rings (SSSR count). The molecule has 2 nitrogen and oxygen atoms in total. The molecule has 0 aromatic carbocycles. The Morgan fingerprint density at radius 1 is 1.43 bits per heavy atom. The van der Waals surface area contributed by atoms with Crippen molar-refractivity contribution in [3.05, 3.63) is 0 Å². The van der Waals surface area contributed by atoms with Crippen LogP contribution in [0.25, 0.3) is 0 Å². The second kappa shape index (κ2) is 5.32. The number of hydrogen-bond acceptors (Lipinski definition) is 1. The molecule has 0 radical (unpaired) electrons. The fourth-order valence-corrected chi connectivity index (χ4v) is 2.38. The highest BCUT2D eigenvalue weighted by atomic mass is 19.1. The maximum atomic E-state index is 13.1. The molecule has 82 valence electrons. The molecular formula is C11H19FO2. The summed E-state index contributed by atoms with van der Waals surface area (Å²) in [6.07, 6.45) is 4.25. The maximum Gasteiger partial charge on any atom is 0.338 e. The van der Waals surface area contributed by atoms with E-state index < -0.39 is 12.1 Å². The van der Waals surface area contributed by atoms with E-state index in [9.17, 15) is 9.18 Å². The number of alkyl halides is 1. The summed E-state index contributed by atoms with van der Waals surface area (Å²) in [4.78, 5) is 10.4. The van der Waals surface area contributed by atoms with Crippen molar-refractivity contribution >= 4 is 5.97 Å². The molecule has 1 unspecified atom stereocenters. The zero-order chi connectivity index (χ0) is 10.6. The molecule has 0 bridgehead atoms. The molecule has 0 amide bonds. The van der Waals surface area contributed by atoms with E-state index in [0.29, 0.717) is 5.92 Å². The van der Waals surface area contributed by atoms with E-state index in [2.05, 4.69) is 6.92 Å². The Labute approximate surface area is 84.5 Å². The van der Waals surface area contributed by atoms with E-state index in [4.69, 9.17) is 5.11 Å². The summed E-state index contributed by atoms with van der Waals surface area (Å²) >= 11 is 0. The van der Waals surface area contributed by atoms with Gasteiger partial charge in [-0.2, -0.15) is 0 Å². The van der Waals surface area contributed by atoms with Crippen LogP contribution in [0.2, 0.25) is 0 Å². The van der Waals surface area contributed by atoms with Gasteiger partial charge in [-0.05, 0) is 18.8 Å². The van der Waals surface area contributed by atoms with Gasteiger partial charge in [-0.1, -0.05) is 32.6 Å². The highest BCUT2D eigenvalue weighted by molar-refractivity contribution is 5.72. The average molecular weight is 202 g/mol. The normalized spacial score (nSPS) is 29.9. The summed E-state index contributed by atoms with van der Waals surface area (Å²) in [6.45, 7) is 2.15. The zero-order valence-corrected chi connectivity index (χ0v) is 8.71. The Morgan fingerprint density at radius 2 is 2.00 bits per heavy atom. The maximum absolute atomic E-state index is 13.1. The Hall–Kier alpha value is -0.600. The van der Waals surface area contributed by atoms with Gasteiger partial charge in [0.2, 0.25) is 0 Å². The average Bonchev–Trinajstić information content (AvgIpc) is 2.18. The summed E-state index contributed by atoms with van der Waals surface area (Å²) in [7, 11) is 0. The van der Waals surface area contributed by atoms with Gasteiger partial charge in [0.05, 0.1) is 0 Å². The molecule has 1 N–H and O–H groups in total. The lowest BCUT2D eigenvalue weighted by Crippen LogP contribution is -2.28. The minimum Gasteiger partial charge on any atom is -0.479 e. The van der Waals surface area contributed by atoms with E-state index in [1.165, 1.54) is 12.8 Å². The Morgan fingerprint density at radius 3 is 2.43 bits per heavy atom. The predicted octanol–water partition coefficient (Wildman–Crippen LogP) is 3.02. The van der Waals surface area contributed by atoms with Gasteiger partial charge in [-0.15, -0.1) is 0 Å². The van der Waals surface area contributed by atoms with Gasteiger partial charge in [-0.25, -0.2) is 9.18 Å². The number of hydrogen-bond donors (Lipinski definition) is 1. The Balaban J connectivity index is 2.31. The summed E-state index contributed by atoms with van der Waals surface area (Å²) in [6, 6.07) is 0. The number of carboxylic acids is 1. The van der Waals surface area contributed by atoms with Crippen LogP contribution in [0.15, 0.2) is 0 Å². The number of halogens is 1. The van der Waals surface area contributed by atoms with Crippen molar-refractivity contribution in [2.24, 2.45) is 11.8 Å². The topological polar surface area (TPSA) is 37.3 Å². The van der Waals surface area contributed by atoms with Gasteiger partial charge in [0, 0.05) is 5.92 Å². The van der Waals surface area contributed by atoms with Crippen LogP contribution in [-0.2, 0) is 4.79 Å². The van der Waals surface area contributed by atoms with Crippen molar-refractivity contribution in [1.82, 2.24) is 0 Å². The molecule has 0 spiro atoms. The first-order valence-electron chi connectivity index (χ1n) is 5.52. The molecule has 1 saturated carbocycles. The van der Waals surface area contributed by atoms with Crippen LogP contribution in [0, 0.1) is 11.8 Å². The molecule has 0 aliphatic heterocycles. The summed E-state index contributed by atoms with van der Waals surface area (Å²) in [5.74, 6) is -0.818. The van der Waals surface area contributed by atoms with Crippen LogP contribution in [0.3, 0.4) is 0 Å². The van der Waals surface area contributed by atoms with Gasteiger partial charge in [0.25, 0.3) is 0 Å².